The molecule has 0 saturated carbocycles. The lowest BCUT2D eigenvalue weighted by Crippen LogP contribution is -2.60. The predicted octanol–water partition coefficient (Wildman–Crippen LogP) is -1.80. The average Bonchev–Trinajstić information content (AvgIpc) is 1.74. The third kappa shape index (κ3) is 26.9. The molecule has 2 aromatic heterocycles. The van der Waals surface area contributed by atoms with Crippen LogP contribution in [0.3, 0.4) is 0 Å². The van der Waals surface area contributed by atoms with E-state index in [1.165, 1.54) is 27.7 Å². The molecule has 0 spiro atoms. The molecule has 2 heterocycles. The van der Waals surface area contributed by atoms with Gasteiger partial charge in [0.25, 0.3) is 0 Å². The van der Waals surface area contributed by atoms with Crippen molar-refractivity contribution in [2.45, 2.75) is 180 Å². The van der Waals surface area contributed by atoms with Crippen LogP contribution in [0.25, 0.3) is 21.8 Å². The molecule has 4 aromatic rings. The molecule has 2 aromatic carbocycles. The van der Waals surface area contributed by atoms with Crippen molar-refractivity contribution in [3.8, 4) is 0 Å². The van der Waals surface area contributed by atoms with E-state index in [9.17, 15) is 77.3 Å². The zero-order chi connectivity index (χ0) is 70.9. The number of ether oxygens (including phenoxy) is 2. The molecule has 0 fully saturated rings. The molecule has 31 heteroatoms. The van der Waals surface area contributed by atoms with Crippen LogP contribution in [-0.4, -0.2) is 196 Å². The number of methoxy groups -OCH3 is 2. The maximum atomic E-state index is 13.6. The zero-order valence-corrected chi connectivity index (χ0v) is 55.2. The van der Waals surface area contributed by atoms with Gasteiger partial charge in [-0.1, -0.05) is 43.3 Å². The first-order valence-electron chi connectivity index (χ1n) is 30.2. The number of carbonyl (C=O) groups is 14. The van der Waals surface area contributed by atoms with Gasteiger partial charge in [-0.2, -0.15) is 0 Å². The van der Waals surface area contributed by atoms with Gasteiger partial charge in [-0.15, -0.1) is 0 Å². The van der Waals surface area contributed by atoms with E-state index < -0.39 is 168 Å². The molecule has 4 rings (SSSR count). The largest absolute Gasteiger partial charge is 0.469 e. The number of ketones is 2. The number of Topliss-reactive ketones (excluding diaryl/α,β-unsaturated/α-hetero) is 2. The SMILES string of the molecule is COC(=O)CC(NC(=O)C(CC(=O)NC(C)(C)C)NC(=O)C(C)Cc1c[nH]c2ccccc12)C(=O)NC(C(=O)NCC(C)=O)C(C)O.COC(=O)CC(NC(=O)C(CC(=O)NC(C)(C)C)NC(=O)C(N)Cc1c[nH]c2ccccc12)C(=O)NC(C(=O)NCC(C)=O)C(C)O. The summed E-state index contributed by atoms with van der Waals surface area (Å²) in [5.74, 6) is -11.5. The van der Waals surface area contributed by atoms with Crippen LogP contribution in [0.4, 0.5) is 0 Å². The normalized spacial score (nSPS) is 14.5. The van der Waals surface area contributed by atoms with E-state index >= 15 is 0 Å². The van der Waals surface area contributed by atoms with Gasteiger partial charge in [0.1, 0.15) is 47.8 Å². The number of aromatic amines is 2. The topological polar surface area (TPSA) is 476 Å². The number of hydrogen-bond donors (Lipinski definition) is 15. The first-order valence-corrected chi connectivity index (χ1v) is 30.2. The molecular weight excluding hydrogens is 1230 g/mol. The van der Waals surface area contributed by atoms with Crippen LogP contribution in [0, 0.1) is 5.92 Å². The van der Waals surface area contributed by atoms with Gasteiger partial charge in [0.15, 0.2) is 0 Å². The number of para-hydroxylation sites is 2. The minimum Gasteiger partial charge on any atom is -0.469 e. The third-order valence-electron chi connectivity index (χ3n) is 13.8. The molecule has 10 amide bonds. The summed E-state index contributed by atoms with van der Waals surface area (Å²) in [5, 5.41) is 46.4. The second-order valence-corrected chi connectivity index (χ2v) is 24.7. The summed E-state index contributed by atoms with van der Waals surface area (Å²) in [6, 6.07) is 4.44. The maximum Gasteiger partial charge on any atom is 0.308 e. The van der Waals surface area contributed by atoms with E-state index in [-0.39, 0.29) is 31.1 Å². The number of rotatable bonds is 32. The monoisotopic (exact) mass is 1320 g/mol. The van der Waals surface area contributed by atoms with Crippen LogP contribution in [-0.2, 0) is 89.4 Å². The van der Waals surface area contributed by atoms with Crippen molar-refractivity contribution >= 4 is 104 Å². The van der Waals surface area contributed by atoms with E-state index in [2.05, 4.69) is 72.6 Å². The first-order chi connectivity index (χ1) is 43.8. The molecule has 10 unspecified atom stereocenters. The summed E-state index contributed by atoms with van der Waals surface area (Å²) in [6.07, 6.45) is -1.36. The lowest BCUT2D eigenvalue weighted by molar-refractivity contribution is -0.145. The highest BCUT2D eigenvalue weighted by Gasteiger charge is 2.37. The van der Waals surface area contributed by atoms with Crippen LogP contribution >= 0.6 is 0 Å². The molecule has 0 aliphatic carbocycles. The Bertz CT molecular complexity index is 3140. The van der Waals surface area contributed by atoms with E-state index in [0.29, 0.717) is 6.42 Å². The van der Waals surface area contributed by atoms with Crippen LogP contribution in [0.1, 0.15) is 113 Å². The molecular formula is C63H91N13O18. The van der Waals surface area contributed by atoms with Gasteiger partial charge in [-0.3, -0.25) is 67.1 Å². The van der Waals surface area contributed by atoms with Gasteiger partial charge in [0, 0.05) is 51.2 Å². The zero-order valence-electron chi connectivity index (χ0n) is 55.2. The molecule has 516 valence electrons. The molecule has 0 aliphatic rings. The number of H-pyrrole nitrogens is 2. The number of esters is 2. The highest BCUT2D eigenvalue weighted by atomic mass is 16.5. The van der Waals surface area contributed by atoms with E-state index in [1.54, 1.807) is 60.9 Å². The lowest BCUT2D eigenvalue weighted by Gasteiger charge is -2.27. The molecule has 31 nitrogen and oxygen atoms in total. The number of aliphatic hydroxyl groups excluding tert-OH is 2. The molecule has 94 heavy (non-hydrogen) atoms. The van der Waals surface area contributed by atoms with Gasteiger partial charge >= 0.3 is 11.9 Å². The smallest absolute Gasteiger partial charge is 0.308 e. The van der Waals surface area contributed by atoms with Gasteiger partial charge in [0.2, 0.25) is 59.1 Å². The second kappa shape index (κ2) is 36.6. The standard InChI is InChI=1S/C32H46N6O9.C31H45N7O9/c1-17(12-20-16-33-22-11-9-8-10-21(20)22)28(43)35-23(13-25(41)38-32(4,5)6)29(44)36-24(14-26(42)47-7)30(45)37-27(19(3)40)31(46)34-15-18(2)39;1-16(39)14-34-30(46)26(17(2)40)37-29(45)23(13-25(42)47-6)36-28(44)22(12-24(41)38-31(3,4)5)35-27(43)20(32)11-18-15-33-21-10-8-7-9-19(18)21/h8-11,16-17,19,23-24,27,33,40H,12-15H2,1-7H3,(H,34,46)(H,35,43)(H,36,44)(H,37,45)(H,38,41);7-10,15,17,20,22-23,26,33,40H,11-14,32H2,1-6H3,(H,34,46)(H,35,43)(H,36,44)(H,37,45)(H,38,41). The number of nitrogens with two attached hydrogens (primary N) is 1. The number of nitrogens with one attached hydrogen (secondary N) is 12. The van der Waals surface area contributed by atoms with E-state index in [1.807, 2.05) is 48.5 Å². The summed E-state index contributed by atoms with van der Waals surface area (Å²) < 4.78 is 9.31. The van der Waals surface area contributed by atoms with Crippen LogP contribution < -0.4 is 58.9 Å². The highest BCUT2D eigenvalue weighted by molar-refractivity contribution is 6.00. The van der Waals surface area contributed by atoms with E-state index in [4.69, 9.17) is 5.73 Å². The average molecular weight is 1320 g/mol. The van der Waals surface area contributed by atoms with E-state index in [0.717, 1.165) is 47.2 Å². The Morgan fingerprint density at radius 3 is 1.15 bits per heavy atom. The summed E-state index contributed by atoms with van der Waals surface area (Å²) in [5.41, 5.74) is 8.24. The Morgan fingerprint density at radius 2 is 0.798 bits per heavy atom. The fraction of sp³-hybridized carbons (Fsp3) is 0.524. The number of aliphatic hydroxyl groups is 2. The molecule has 0 saturated heterocycles. The van der Waals surface area contributed by atoms with Crippen molar-refractivity contribution in [1.29, 1.82) is 0 Å². The molecule has 0 radical (unpaired) electrons. The molecule has 0 aliphatic heterocycles. The van der Waals surface area contributed by atoms with Crippen molar-refractivity contribution in [2.75, 3.05) is 27.3 Å². The number of benzene rings is 2. The van der Waals surface area contributed by atoms with Gasteiger partial charge < -0.3 is 88.6 Å². The van der Waals surface area contributed by atoms with Crippen molar-refractivity contribution in [1.82, 2.24) is 63.1 Å². The number of hydrogen-bond acceptors (Lipinski definition) is 19. The fourth-order valence-electron chi connectivity index (χ4n) is 9.10. The predicted molar refractivity (Wildman–Crippen MR) is 342 cm³/mol. The summed E-state index contributed by atoms with van der Waals surface area (Å²) in [6.45, 7) is 16.2. The Kier molecular flexibility index (Phi) is 30.6. The summed E-state index contributed by atoms with van der Waals surface area (Å²) in [7, 11) is 2.13. The molecule has 16 N–H and O–H groups in total. The Morgan fingerprint density at radius 1 is 0.468 bits per heavy atom. The van der Waals surface area contributed by atoms with Crippen molar-refractivity contribution < 1.29 is 86.8 Å². The third-order valence-corrected chi connectivity index (χ3v) is 13.8. The van der Waals surface area contributed by atoms with Crippen molar-refractivity contribution in [3.63, 3.8) is 0 Å². The number of fused-ring (bicyclic) bond motifs is 2. The van der Waals surface area contributed by atoms with Gasteiger partial charge in [0.05, 0.1) is 71.2 Å². The summed E-state index contributed by atoms with van der Waals surface area (Å²) >= 11 is 0. The Balaban J connectivity index is 0.000000490. The number of carbonyl (C=O) groups excluding carboxylic acids is 14. The van der Waals surface area contributed by atoms with Gasteiger partial charge in [-0.05, 0) is 105 Å². The lowest BCUT2D eigenvalue weighted by atomic mass is 9.99. The van der Waals surface area contributed by atoms with Crippen molar-refractivity contribution in [2.24, 2.45) is 11.7 Å². The number of amides is 10. The Hall–Kier alpha value is -9.62. The minimum absolute atomic E-state index is 0.0954. The van der Waals surface area contributed by atoms with Gasteiger partial charge in [-0.25, -0.2) is 0 Å². The highest BCUT2D eigenvalue weighted by Crippen LogP contribution is 2.22. The molecule has 0 bridgehead atoms. The van der Waals surface area contributed by atoms with Crippen LogP contribution in [0.2, 0.25) is 0 Å². The first kappa shape index (κ1) is 78.6. The quantitative estimate of drug-likeness (QED) is 0.0240. The number of aromatic nitrogens is 2. The summed E-state index contributed by atoms with van der Waals surface area (Å²) in [4.78, 5) is 184. The molecule has 10 atom stereocenters. The minimum atomic E-state index is -1.67. The maximum absolute atomic E-state index is 13.6. The van der Waals surface area contributed by atoms with Crippen molar-refractivity contribution in [3.05, 3.63) is 72.1 Å². The van der Waals surface area contributed by atoms with Crippen LogP contribution in [0.15, 0.2) is 60.9 Å². The fourth-order valence-corrected chi connectivity index (χ4v) is 9.10. The van der Waals surface area contributed by atoms with Crippen LogP contribution in [0.5, 0.6) is 0 Å². The second-order valence-electron chi connectivity index (χ2n) is 24.7. The Labute approximate surface area is 543 Å².